The fourth-order valence-corrected chi connectivity index (χ4v) is 2.86. The Labute approximate surface area is 111 Å². The van der Waals surface area contributed by atoms with Gasteiger partial charge >= 0.3 is 0 Å². The molecule has 4 nitrogen and oxygen atoms in total. The van der Waals surface area contributed by atoms with Crippen LogP contribution >= 0.6 is 15.9 Å². The molecular weight excluding hydrogens is 304 g/mol. The highest BCUT2D eigenvalue weighted by Crippen LogP contribution is 2.15. The predicted molar refractivity (Wildman–Crippen MR) is 72.5 cm³/mol. The summed E-state index contributed by atoms with van der Waals surface area (Å²) in [7, 11) is -1.44. The number of nitrogens with one attached hydrogen (secondary N) is 1. The van der Waals surface area contributed by atoms with E-state index in [1.807, 2.05) is 18.9 Å². The van der Waals surface area contributed by atoms with Crippen molar-refractivity contribution in [3.05, 3.63) is 28.7 Å². The van der Waals surface area contributed by atoms with Crippen molar-refractivity contribution in [2.75, 3.05) is 26.7 Å². The van der Waals surface area contributed by atoms with Crippen LogP contribution in [0.5, 0.6) is 0 Å². The molecule has 0 aromatic heterocycles. The Balaban J connectivity index is 2.63. The first-order valence-corrected chi connectivity index (χ1v) is 7.67. The van der Waals surface area contributed by atoms with Crippen molar-refractivity contribution in [3.8, 4) is 0 Å². The lowest BCUT2D eigenvalue weighted by Gasteiger charge is -2.14. The molecule has 1 aromatic rings. The summed E-state index contributed by atoms with van der Waals surface area (Å²) >= 11 is 3.26. The maximum absolute atomic E-state index is 11.9. The number of benzene rings is 1. The average Bonchev–Trinajstić information content (AvgIpc) is 2.28. The molecule has 0 atom stereocenters. The van der Waals surface area contributed by atoms with Gasteiger partial charge in [-0.3, -0.25) is 0 Å². The highest BCUT2D eigenvalue weighted by molar-refractivity contribution is 9.10. The van der Waals surface area contributed by atoms with Crippen molar-refractivity contribution in [1.29, 1.82) is 0 Å². The normalized spacial score (nSPS) is 12.0. The van der Waals surface area contributed by atoms with Crippen LogP contribution in [-0.2, 0) is 10.0 Å². The summed E-state index contributed by atoms with van der Waals surface area (Å²) in [6, 6.07) is 6.67. The van der Waals surface area contributed by atoms with Crippen LogP contribution in [-0.4, -0.2) is 40.0 Å². The zero-order valence-electron chi connectivity index (χ0n) is 9.98. The van der Waals surface area contributed by atoms with E-state index in [2.05, 4.69) is 20.7 Å². The zero-order valence-corrected chi connectivity index (χ0v) is 12.4. The maximum Gasteiger partial charge on any atom is 0.240 e. The van der Waals surface area contributed by atoms with E-state index in [-0.39, 0.29) is 4.90 Å². The standard InChI is InChI=1S/C11H17BrN2O2S/c1-3-14(2)8-7-13-17(15,16)11-6-4-5-10(12)9-11/h4-6,9,13H,3,7-8H2,1-2H3. The third-order valence-corrected chi connectivity index (χ3v) is 4.38. The molecule has 0 amide bonds. The van der Waals surface area contributed by atoms with Crippen molar-refractivity contribution in [2.24, 2.45) is 0 Å². The van der Waals surface area contributed by atoms with E-state index >= 15 is 0 Å². The summed E-state index contributed by atoms with van der Waals surface area (Å²) in [6.45, 7) is 4.05. The fraction of sp³-hybridized carbons (Fsp3) is 0.455. The lowest BCUT2D eigenvalue weighted by molar-refractivity contribution is 0.358. The van der Waals surface area contributed by atoms with Crippen molar-refractivity contribution in [1.82, 2.24) is 9.62 Å². The molecule has 0 saturated carbocycles. The third-order valence-electron chi connectivity index (χ3n) is 2.43. The molecule has 0 unspecified atom stereocenters. The lowest BCUT2D eigenvalue weighted by atomic mass is 10.4. The highest BCUT2D eigenvalue weighted by atomic mass is 79.9. The second kappa shape index (κ2) is 6.49. The molecule has 0 bridgehead atoms. The van der Waals surface area contributed by atoms with Gasteiger partial charge in [-0.1, -0.05) is 28.9 Å². The van der Waals surface area contributed by atoms with E-state index in [1.165, 1.54) is 0 Å². The van der Waals surface area contributed by atoms with Gasteiger partial charge in [0.2, 0.25) is 10.0 Å². The Kier molecular flexibility index (Phi) is 5.58. The number of rotatable bonds is 6. The van der Waals surface area contributed by atoms with Crippen molar-refractivity contribution in [2.45, 2.75) is 11.8 Å². The topological polar surface area (TPSA) is 49.4 Å². The summed E-state index contributed by atoms with van der Waals surface area (Å²) in [5.41, 5.74) is 0. The third kappa shape index (κ3) is 4.75. The number of hydrogen-bond acceptors (Lipinski definition) is 3. The Bertz CT molecular complexity index is 462. The molecular formula is C11H17BrN2O2S. The Morgan fingerprint density at radius 1 is 1.41 bits per heavy atom. The molecule has 0 aliphatic rings. The van der Waals surface area contributed by atoms with Crippen LogP contribution in [0, 0.1) is 0 Å². The highest BCUT2D eigenvalue weighted by Gasteiger charge is 2.13. The average molecular weight is 321 g/mol. The molecule has 1 N–H and O–H groups in total. The van der Waals surface area contributed by atoms with E-state index < -0.39 is 10.0 Å². The number of likely N-dealkylation sites (N-methyl/N-ethyl adjacent to an activating group) is 1. The largest absolute Gasteiger partial charge is 0.305 e. The van der Waals surface area contributed by atoms with Crippen LogP contribution in [0.25, 0.3) is 0 Å². The predicted octanol–water partition coefficient (Wildman–Crippen LogP) is 1.68. The van der Waals surface area contributed by atoms with Crippen LogP contribution in [0.3, 0.4) is 0 Å². The molecule has 0 aliphatic carbocycles. The Morgan fingerprint density at radius 2 is 2.12 bits per heavy atom. The molecule has 0 aliphatic heterocycles. The summed E-state index contributed by atoms with van der Waals surface area (Å²) in [5, 5.41) is 0. The summed E-state index contributed by atoms with van der Waals surface area (Å²) in [6.07, 6.45) is 0. The second-order valence-electron chi connectivity index (χ2n) is 3.75. The Hall–Kier alpha value is -0.430. The first-order chi connectivity index (χ1) is 7.95. The minimum absolute atomic E-state index is 0.283. The van der Waals surface area contributed by atoms with E-state index in [9.17, 15) is 8.42 Å². The molecule has 1 rings (SSSR count). The molecule has 96 valence electrons. The summed E-state index contributed by atoms with van der Waals surface area (Å²) < 4.78 is 27.1. The molecule has 0 fully saturated rings. The minimum atomic E-state index is -3.39. The first-order valence-electron chi connectivity index (χ1n) is 5.39. The van der Waals surface area contributed by atoms with E-state index in [0.29, 0.717) is 13.1 Å². The van der Waals surface area contributed by atoms with Gasteiger partial charge in [-0.2, -0.15) is 0 Å². The summed E-state index contributed by atoms with van der Waals surface area (Å²) in [4.78, 5) is 2.33. The molecule has 0 spiro atoms. The van der Waals surface area contributed by atoms with Crippen molar-refractivity contribution >= 4 is 26.0 Å². The number of hydrogen-bond donors (Lipinski definition) is 1. The smallest absolute Gasteiger partial charge is 0.240 e. The van der Waals surface area contributed by atoms with Crippen LogP contribution < -0.4 is 4.72 Å². The first kappa shape index (κ1) is 14.6. The van der Waals surface area contributed by atoms with Gasteiger partial charge in [0, 0.05) is 17.6 Å². The van der Waals surface area contributed by atoms with E-state index in [4.69, 9.17) is 0 Å². The van der Waals surface area contributed by atoms with Gasteiger partial charge in [-0.25, -0.2) is 13.1 Å². The molecule has 0 saturated heterocycles. The van der Waals surface area contributed by atoms with Gasteiger partial charge in [0.05, 0.1) is 4.90 Å². The molecule has 17 heavy (non-hydrogen) atoms. The van der Waals surface area contributed by atoms with Gasteiger partial charge in [0.15, 0.2) is 0 Å². The van der Waals surface area contributed by atoms with Crippen molar-refractivity contribution < 1.29 is 8.42 Å². The monoisotopic (exact) mass is 320 g/mol. The van der Waals surface area contributed by atoms with Crippen LogP contribution in [0.1, 0.15) is 6.92 Å². The number of halogens is 1. The molecule has 1 aromatic carbocycles. The molecule has 0 heterocycles. The molecule has 6 heteroatoms. The van der Waals surface area contributed by atoms with Crippen LogP contribution in [0.2, 0.25) is 0 Å². The number of nitrogens with zero attached hydrogens (tertiary/aromatic N) is 1. The zero-order chi connectivity index (χ0) is 12.9. The minimum Gasteiger partial charge on any atom is -0.305 e. The Morgan fingerprint density at radius 3 is 2.71 bits per heavy atom. The van der Waals surface area contributed by atoms with Gasteiger partial charge in [-0.15, -0.1) is 0 Å². The van der Waals surface area contributed by atoms with E-state index in [1.54, 1.807) is 24.3 Å². The van der Waals surface area contributed by atoms with Crippen LogP contribution in [0.4, 0.5) is 0 Å². The van der Waals surface area contributed by atoms with Gasteiger partial charge in [0.1, 0.15) is 0 Å². The van der Waals surface area contributed by atoms with Gasteiger partial charge in [-0.05, 0) is 31.8 Å². The lowest BCUT2D eigenvalue weighted by Crippen LogP contribution is -2.32. The van der Waals surface area contributed by atoms with Gasteiger partial charge < -0.3 is 4.90 Å². The second-order valence-corrected chi connectivity index (χ2v) is 6.43. The molecule has 0 radical (unpaired) electrons. The van der Waals surface area contributed by atoms with Crippen molar-refractivity contribution in [3.63, 3.8) is 0 Å². The van der Waals surface area contributed by atoms with Crippen LogP contribution in [0.15, 0.2) is 33.6 Å². The number of sulfonamides is 1. The quantitative estimate of drug-likeness (QED) is 0.867. The maximum atomic E-state index is 11.9. The fourth-order valence-electron chi connectivity index (χ4n) is 1.25. The summed E-state index contributed by atoms with van der Waals surface area (Å²) in [5.74, 6) is 0. The van der Waals surface area contributed by atoms with E-state index in [0.717, 1.165) is 11.0 Å². The SMILES string of the molecule is CCN(C)CCNS(=O)(=O)c1cccc(Br)c1. The van der Waals surface area contributed by atoms with Gasteiger partial charge in [0.25, 0.3) is 0 Å².